The summed E-state index contributed by atoms with van der Waals surface area (Å²) in [5.74, 6) is 1.48. The van der Waals surface area contributed by atoms with Gasteiger partial charge in [-0.3, -0.25) is 14.5 Å². The van der Waals surface area contributed by atoms with Gasteiger partial charge in [0.25, 0.3) is 5.91 Å². The van der Waals surface area contributed by atoms with Gasteiger partial charge >= 0.3 is 0 Å². The highest BCUT2D eigenvalue weighted by Gasteiger charge is 2.33. The monoisotopic (exact) mass is 635 g/mol. The number of primary amides is 1. The van der Waals surface area contributed by atoms with E-state index in [4.69, 9.17) is 10.7 Å². The fourth-order valence-electron chi connectivity index (χ4n) is 8.16. The van der Waals surface area contributed by atoms with Crippen LogP contribution in [-0.2, 0) is 0 Å². The molecule has 0 bridgehead atoms. The molecule has 3 heterocycles. The van der Waals surface area contributed by atoms with Gasteiger partial charge < -0.3 is 20.9 Å². The highest BCUT2D eigenvalue weighted by molar-refractivity contribution is 5.97. The maximum Gasteiger partial charge on any atom is 0.271 e. The van der Waals surface area contributed by atoms with E-state index < -0.39 is 5.91 Å². The summed E-state index contributed by atoms with van der Waals surface area (Å²) < 4.78 is 0. The Bertz CT molecular complexity index is 1570. The largest absolute Gasteiger partial charge is 0.366 e. The molecule has 248 valence electrons. The summed E-state index contributed by atoms with van der Waals surface area (Å²) in [7, 11) is 0. The molecule has 2 saturated carbocycles. The summed E-state index contributed by atoms with van der Waals surface area (Å²) >= 11 is 0. The second-order valence-electron chi connectivity index (χ2n) is 14.3. The first-order chi connectivity index (χ1) is 22.8. The van der Waals surface area contributed by atoms with E-state index in [1.165, 1.54) is 49.8 Å². The fraction of sp³-hybridized carbons (Fsp3) is 0.526. The van der Waals surface area contributed by atoms with Crippen LogP contribution in [0.25, 0.3) is 0 Å². The summed E-state index contributed by atoms with van der Waals surface area (Å²) in [6, 6.07) is 17.9. The van der Waals surface area contributed by atoms with Crippen molar-refractivity contribution in [3.63, 3.8) is 0 Å². The number of piperidine rings is 1. The van der Waals surface area contributed by atoms with Gasteiger partial charge in [-0.25, -0.2) is 9.97 Å². The van der Waals surface area contributed by atoms with E-state index in [9.17, 15) is 9.59 Å². The predicted octanol–water partition coefficient (Wildman–Crippen LogP) is 6.53. The number of benzene rings is 2. The number of nitrogens with zero attached hydrogens (tertiary/aromatic N) is 5. The Balaban J connectivity index is 1.02. The van der Waals surface area contributed by atoms with Crippen LogP contribution in [0.1, 0.15) is 104 Å². The lowest BCUT2D eigenvalue weighted by Gasteiger charge is -2.43. The van der Waals surface area contributed by atoms with E-state index in [0.717, 1.165) is 56.3 Å². The summed E-state index contributed by atoms with van der Waals surface area (Å²) in [4.78, 5) is 42.4. The van der Waals surface area contributed by atoms with Crippen LogP contribution in [0.2, 0.25) is 0 Å². The van der Waals surface area contributed by atoms with E-state index in [2.05, 4.69) is 63.1 Å². The molecule has 47 heavy (non-hydrogen) atoms. The summed E-state index contributed by atoms with van der Waals surface area (Å²) in [6.07, 6.45) is 12.0. The van der Waals surface area contributed by atoms with Gasteiger partial charge in [0.1, 0.15) is 5.82 Å². The highest BCUT2D eigenvalue weighted by Crippen LogP contribution is 2.40. The Labute approximate surface area is 278 Å². The lowest BCUT2D eigenvalue weighted by Crippen LogP contribution is -2.54. The van der Waals surface area contributed by atoms with Crippen molar-refractivity contribution in [1.29, 1.82) is 0 Å². The van der Waals surface area contributed by atoms with Crippen molar-refractivity contribution in [1.82, 2.24) is 14.9 Å². The molecule has 0 radical (unpaired) electrons. The Morgan fingerprint density at radius 3 is 2.30 bits per heavy atom. The minimum Gasteiger partial charge on any atom is -0.366 e. The number of Topliss-reactive ketones (excluding diaryl/α,β-unsaturated/α-hetero) is 1. The minimum absolute atomic E-state index is 0.0930. The molecule has 1 aromatic heterocycles. The Morgan fingerprint density at radius 1 is 0.872 bits per heavy atom. The number of nitrogens with one attached hydrogen (secondary N) is 1. The number of ketones is 1. The van der Waals surface area contributed by atoms with Crippen LogP contribution < -0.4 is 20.9 Å². The van der Waals surface area contributed by atoms with Gasteiger partial charge in [0, 0.05) is 67.7 Å². The van der Waals surface area contributed by atoms with Crippen LogP contribution in [0.15, 0.2) is 54.7 Å². The van der Waals surface area contributed by atoms with Crippen molar-refractivity contribution >= 4 is 34.7 Å². The first kappa shape index (κ1) is 31.6. The third kappa shape index (κ3) is 7.00. The molecule has 9 nitrogen and oxygen atoms in total. The molecule has 2 saturated heterocycles. The van der Waals surface area contributed by atoms with Crippen molar-refractivity contribution < 1.29 is 9.59 Å². The molecule has 2 aliphatic heterocycles. The van der Waals surface area contributed by atoms with Crippen molar-refractivity contribution in [2.75, 3.05) is 41.3 Å². The first-order valence-electron chi connectivity index (χ1n) is 17.8. The number of carbonyl (C=O) groups excluding carboxylic acids is 2. The highest BCUT2D eigenvalue weighted by atomic mass is 16.1. The Kier molecular flexibility index (Phi) is 9.17. The molecule has 3 N–H and O–H groups in total. The normalized spacial score (nSPS) is 24.0. The SMILES string of the molecule is C[C@@H]1[C@H](CC(=O)c2ccc(C3CC3)cc2)CCCN1c1cnc(C(N)=O)c(Nc2ccc(N3CCN(C4CCCC4)C[C@@H]3C)cc2)n1. The van der Waals surface area contributed by atoms with Gasteiger partial charge in [-0.05, 0) is 94.0 Å². The molecule has 3 aromatic rings. The van der Waals surface area contributed by atoms with Crippen LogP contribution in [0, 0.1) is 5.92 Å². The number of nitrogens with two attached hydrogens (primary N) is 1. The molecular weight excluding hydrogens is 586 g/mol. The number of hydrogen-bond acceptors (Lipinski definition) is 8. The van der Waals surface area contributed by atoms with E-state index >= 15 is 0 Å². The maximum atomic E-state index is 13.3. The second-order valence-corrected chi connectivity index (χ2v) is 14.3. The average molecular weight is 636 g/mol. The zero-order valence-corrected chi connectivity index (χ0v) is 27.9. The van der Waals surface area contributed by atoms with Crippen molar-refractivity contribution in [3.8, 4) is 0 Å². The van der Waals surface area contributed by atoms with Gasteiger partial charge in [0.05, 0.1) is 6.20 Å². The molecule has 0 spiro atoms. The molecule has 9 heteroatoms. The van der Waals surface area contributed by atoms with Crippen molar-refractivity contribution in [2.24, 2.45) is 11.7 Å². The van der Waals surface area contributed by atoms with Crippen LogP contribution in [0.4, 0.5) is 23.0 Å². The lowest BCUT2D eigenvalue weighted by atomic mass is 9.85. The summed E-state index contributed by atoms with van der Waals surface area (Å²) in [6.45, 7) is 8.53. The molecule has 0 unspecified atom stereocenters. The summed E-state index contributed by atoms with van der Waals surface area (Å²) in [5.41, 5.74) is 10.0. The van der Waals surface area contributed by atoms with E-state index in [1.54, 1.807) is 6.20 Å². The summed E-state index contributed by atoms with van der Waals surface area (Å²) in [5, 5.41) is 3.33. The van der Waals surface area contributed by atoms with Crippen molar-refractivity contribution in [2.45, 2.75) is 95.7 Å². The minimum atomic E-state index is -0.625. The number of carbonyl (C=O) groups is 2. The number of rotatable bonds is 10. The number of aromatic nitrogens is 2. The van der Waals surface area contributed by atoms with Crippen LogP contribution in [0.3, 0.4) is 0 Å². The van der Waals surface area contributed by atoms with Crippen molar-refractivity contribution in [3.05, 3.63) is 71.5 Å². The molecule has 3 atom stereocenters. The fourth-order valence-corrected chi connectivity index (χ4v) is 8.16. The molecule has 2 aromatic carbocycles. The zero-order valence-electron chi connectivity index (χ0n) is 27.9. The third-order valence-corrected chi connectivity index (χ3v) is 11.1. The maximum absolute atomic E-state index is 13.3. The third-order valence-electron chi connectivity index (χ3n) is 11.1. The van der Waals surface area contributed by atoms with Crippen LogP contribution in [-0.4, -0.2) is 70.9 Å². The number of amides is 1. The standard InChI is InChI=1S/C38H49N7O2/c1-25-24-43(32-7-3-4-8-32)20-21-44(25)33-17-15-31(16-18-33)41-38-36(37(39)47)40-23-35(42-38)45-19-5-6-30(26(45)2)22-34(46)29-13-11-28(12-14-29)27-9-10-27/h11-18,23,25-27,30,32H,3-10,19-22,24H2,1-2H3,(H2,39,47)(H,41,42)/t25-,26+,30-/m0/s1. The molecule has 4 fully saturated rings. The molecular formula is C38H49N7O2. The smallest absolute Gasteiger partial charge is 0.271 e. The van der Waals surface area contributed by atoms with Gasteiger partial charge in [-0.15, -0.1) is 0 Å². The second kappa shape index (κ2) is 13.6. The van der Waals surface area contributed by atoms with Crippen LogP contribution in [0.5, 0.6) is 0 Å². The average Bonchev–Trinajstić information content (AvgIpc) is 3.79. The molecule has 1 amide bonds. The first-order valence-corrected chi connectivity index (χ1v) is 17.8. The number of anilines is 4. The molecule has 7 rings (SSSR count). The van der Waals surface area contributed by atoms with E-state index in [1.807, 2.05) is 24.3 Å². The molecule has 4 aliphatic rings. The number of hydrogen-bond donors (Lipinski definition) is 2. The van der Waals surface area contributed by atoms with E-state index in [-0.39, 0.29) is 23.4 Å². The lowest BCUT2D eigenvalue weighted by molar-refractivity contribution is 0.0944. The van der Waals surface area contributed by atoms with Gasteiger partial charge in [0.15, 0.2) is 17.3 Å². The molecule has 2 aliphatic carbocycles. The Morgan fingerprint density at radius 2 is 1.62 bits per heavy atom. The van der Waals surface area contributed by atoms with E-state index in [0.29, 0.717) is 30.0 Å². The zero-order chi connectivity index (χ0) is 32.5. The Hall–Kier alpha value is -3.98. The van der Waals surface area contributed by atoms with Gasteiger partial charge in [-0.1, -0.05) is 37.1 Å². The van der Waals surface area contributed by atoms with Crippen LogP contribution >= 0.6 is 0 Å². The van der Waals surface area contributed by atoms with Gasteiger partial charge in [0.2, 0.25) is 0 Å². The number of piperazine rings is 1. The predicted molar refractivity (Wildman–Crippen MR) is 188 cm³/mol. The van der Waals surface area contributed by atoms with Gasteiger partial charge in [-0.2, -0.15) is 0 Å². The topological polar surface area (TPSA) is 108 Å². The quantitative estimate of drug-likeness (QED) is 0.242.